The quantitative estimate of drug-likeness (QED) is 0.631. The molecule has 0 atom stereocenters. The second-order valence-corrected chi connectivity index (χ2v) is 8.12. The van der Waals surface area contributed by atoms with Gasteiger partial charge in [-0.3, -0.25) is 4.79 Å². The van der Waals surface area contributed by atoms with Crippen molar-refractivity contribution in [3.8, 4) is 0 Å². The third kappa shape index (κ3) is 5.88. The molecule has 0 aliphatic heterocycles. The zero-order valence-corrected chi connectivity index (χ0v) is 18.4. The van der Waals surface area contributed by atoms with Crippen molar-refractivity contribution in [2.45, 2.75) is 58.5 Å². The summed E-state index contributed by atoms with van der Waals surface area (Å²) in [7, 11) is 2.00. The van der Waals surface area contributed by atoms with Crippen LogP contribution in [0.5, 0.6) is 0 Å². The molecule has 162 valence electrons. The van der Waals surface area contributed by atoms with Crippen LogP contribution < -0.4 is 5.32 Å². The highest BCUT2D eigenvalue weighted by Crippen LogP contribution is 2.28. The number of aromatic nitrogens is 1. The Labute approximate surface area is 179 Å². The molecular formula is C24H34N4O2. The minimum atomic E-state index is -0.209. The van der Waals surface area contributed by atoms with E-state index < -0.39 is 0 Å². The lowest BCUT2D eigenvalue weighted by molar-refractivity contribution is -0.133. The number of urea groups is 1. The van der Waals surface area contributed by atoms with Gasteiger partial charge in [-0.2, -0.15) is 0 Å². The van der Waals surface area contributed by atoms with Crippen LogP contribution in [0, 0.1) is 0 Å². The van der Waals surface area contributed by atoms with E-state index in [9.17, 15) is 9.59 Å². The van der Waals surface area contributed by atoms with Crippen molar-refractivity contribution < 1.29 is 9.59 Å². The van der Waals surface area contributed by atoms with Crippen LogP contribution in [0.25, 0.3) is 0 Å². The van der Waals surface area contributed by atoms with E-state index in [2.05, 4.69) is 19.2 Å². The summed E-state index contributed by atoms with van der Waals surface area (Å²) in [6.45, 7) is 5.46. The normalized spacial score (nSPS) is 13.2. The molecule has 6 heteroatoms. The molecule has 1 aromatic heterocycles. The van der Waals surface area contributed by atoms with Gasteiger partial charge in [-0.15, -0.1) is 0 Å². The van der Waals surface area contributed by atoms with Crippen molar-refractivity contribution in [1.29, 1.82) is 0 Å². The van der Waals surface area contributed by atoms with Crippen molar-refractivity contribution in [1.82, 2.24) is 14.4 Å². The molecule has 0 bridgehead atoms. The van der Waals surface area contributed by atoms with Crippen LogP contribution in [-0.2, 0) is 24.8 Å². The molecule has 1 N–H and O–H groups in total. The van der Waals surface area contributed by atoms with Gasteiger partial charge in [0.2, 0.25) is 5.91 Å². The lowest BCUT2D eigenvalue weighted by Gasteiger charge is -2.28. The van der Waals surface area contributed by atoms with Gasteiger partial charge in [0.1, 0.15) is 6.54 Å². The van der Waals surface area contributed by atoms with Crippen molar-refractivity contribution in [3.05, 3.63) is 53.9 Å². The number of carbonyl (C=O) groups excluding carboxylic acids is 2. The topological polar surface area (TPSA) is 57.6 Å². The van der Waals surface area contributed by atoms with Crippen LogP contribution in [0.15, 0.2) is 42.6 Å². The predicted molar refractivity (Wildman–Crippen MR) is 120 cm³/mol. The molecule has 3 amide bonds. The molecule has 6 nitrogen and oxygen atoms in total. The summed E-state index contributed by atoms with van der Waals surface area (Å²) >= 11 is 0. The molecule has 30 heavy (non-hydrogen) atoms. The maximum absolute atomic E-state index is 13.2. The number of benzene rings is 1. The first-order chi connectivity index (χ1) is 14.5. The van der Waals surface area contributed by atoms with Gasteiger partial charge in [0.25, 0.3) is 0 Å². The summed E-state index contributed by atoms with van der Waals surface area (Å²) in [4.78, 5) is 29.8. The Kier molecular flexibility index (Phi) is 7.55. The van der Waals surface area contributed by atoms with E-state index >= 15 is 0 Å². The Hall–Kier alpha value is -2.76. The van der Waals surface area contributed by atoms with Crippen LogP contribution in [0.2, 0.25) is 0 Å². The van der Waals surface area contributed by atoms with Crippen LogP contribution >= 0.6 is 0 Å². The molecule has 0 radical (unpaired) electrons. The van der Waals surface area contributed by atoms with Crippen LogP contribution in [0.4, 0.5) is 10.5 Å². The van der Waals surface area contributed by atoms with Crippen molar-refractivity contribution >= 4 is 17.6 Å². The van der Waals surface area contributed by atoms with E-state index in [1.807, 2.05) is 59.1 Å². The average Bonchev–Trinajstić information content (AvgIpc) is 3.50. The number of anilines is 1. The van der Waals surface area contributed by atoms with Crippen molar-refractivity contribution in [2.24, 2.45) is 7.05 Å². The van der Waals surface area contributed by atoms with Gasteiger partial charge in [0.05, 0.1) is 6.54 Å². The van der Waals surface area contributed by atoms with Crippen LogP contribution in [-0.4, -0.2) is 45.4 Å². The zero-order valence-electron chi connectivity index (χ0n) is 18.4. The molecular weight excluding hydrogens is 376 g/mol. The fourth-order valence-corrected chi connectivity index (χ4v) is 3.57. The van der Waals surface area contributed by atoms with E-state index in [-0.39, 0.29) is 18.5 Å². The third-order valence-electron chi connectivity index (χ3n) is 5.67. The van der Waals surface area contributed by atoms with Crippen LogP contribution in [0.3, 0.4) is 0 Å². The highest BCUT2D eigenvalue weighted by Gasteiger charge is 2.34. The Bertz CT molecular complexity index is 856. The maximum Gasteiger partial charge on any atom is 0.322 e. The minimum absolute atomic E-state index is 0.0206. The SMILES string of the molecule is CCCCN(CC(=O)N(Cc1cccn1C)C1CC1)C(=O)Nc1cccc(CC)c1. The first kappa shape index (κ1) is 21.9. The minimum Gasteiger partial charge on any atom is -0.353 e. The highest BCUT2D eigenvalue weighted by atomic mass is 16.2. The van der Waals surface area contributed by atoms with Gasteiger partial charge in [0, 0.05) is 37.2 Å². The van der Waals surface area contributed by atoms with Crippen molar-refractivity contribution in [3.63, 3.8) is 0 Å². The number of hydrogen-bond acceptors (Lipinski definition) is 2. The monoisotopic (exact) mass is 410 g/mol. The summed E-state index contributed by atoms with van der Waals surface area (Å²) in [5.41, 5.74) is 3.05. The molecule has 1 saturated carbocycles. The Morgan fingerprint density at radius 1 is 1.17 bits per heavy atom. The first-order valence-corrected chi connectivity index (χ1v) is 11.1. The van der Waals surface area contributed by atoms with E-state index in [1.54, 1.807) is 4.90 Å². The maximum atomic E-state index is 13.2. The predicted octanol–water partition coefficient (Wildman–Crippen LogP) is 4.41. The average molecular weight is 411 g/mol. The Morgan fingerprint density at radius 2 is 1.97 bits per heavy atom. The van der Waals surface area contributed by atoms with E-state index in [1.165, 1.54) is 5.56 Å². The summed E-state index contributed by atoms with van der Waals surface area (Å²) in [6.07, 6.45) is 6.84. The third-order valence-corrected chi connectivity index (χ3v) is 5.67. The second kappa shape index (κ2) is 10.3. The smallest absolute Gasteiger partial charge is 0.322 e. The summed E-state index contributed by atoms with van der Waals surface area (Å²) < 4.78 is 2.05. The number of carbonyl (C=O) groups is 2. The summed E-state index contributed by atoms with van der Waals surface area (Å²) in [5.74, 6) is 0.0206. The fraction of sp³-hybridized carbons (Fsp3) is 0.500. The number of nitrogens with one attached hydrogen (secondary N) is 1. The first-order valence-electron chi connectivity index (χ1n) is 11.1. The molecule has 0 spiro atoms. The molecule has 0 saturated heterocycles. The molecule has 1 aliphatic rings. The second-order valence-electron chi connectivity index (χ2n) is 8.12. The van der Waals surface area contributed by atoms with Gasteiger partial charge >= 0.3 is 6.03 Å². The number of nitrogens with zero attached hydrogens (tertiary/aromatic N) is 3. The van der Waals surface area contributed by atoms with Crippen molar-refractivity contribution in [2.75, 3.05) is 18.4 Å². The number of unbranched alkanes of at least 4 members (excludes halogenated alkanes) is 1. The van der Waals surface area contributed by atoms with E-state index in [0.29, 0.717) is 19.1 Å². The summed E-state index contributed by atoms with van der Waals surface area (Å²) in [5, 5.41) is 2.98. The molecule has 1 heterocycles. The lowest BCUT2D eigenvalue weighted by atomic mass is 10.1. The largest absolute Gasteiger partial charge is 0.353 e. The molecule has 2 aromatic rings. The molecule has 1 aliphatic carbocycles. The van der Waals surface area contributed by atoms with Gasteiger partial charge < -0.3 is 19.7 Å². The Balaban J connectivity index is 1.68. The molecule has 1 fully saturated rings. The van der Waals surface area contributed by atoms with Gasteiger partial charge in [0.15, 0.2) is 0 Å². The number of hydrogen-bond donors (Lipinski definition) is 1. The highest BCUT2D eigenvalue weighted by molar-refractivity contribution is 5.92. The van der Waals surface area contributed by atoms with Gasteiger partial charge in [-0.05, 0) is 55.5 Å². The van der Waals surface area contributed by atoms with Crippen LogP contribution in [0.1, 0.15) is 50.8 Å². The van der Waals surface area contributed by atoms with Gasteiger partial charge in [-0.25, -0.2) is 4.79 Å². The number of rotatable bonds is 10. The fourth-order valence-electron chi connectivity index (χ4n) is 3.57. The van der Waals surface area contributed by atoms with E-state index in [4.69, 9.17) is 0 Å². The number of amides is 3. The zero-order chi connectivity index (χ0) is 21.5. The molecule has 0 unspecified atom stereocenters. The Morgan fingerprint density at radius 3 is 2.60 bits per heavy atom. The summed E-state index contributed by atoms with van der Waals surface area (Å²) in [6, 6.07) is 12.0. The standard InChI is InChI=1S/C24H34N4O2/c1-4-6-15-27(24(30)25-20-10-7-9-19(5-2)16-20)18-23(29)28(21-12-13-21)17-22-11-8-14-26(22)3/h7-11,14,16,21H,4-6,12-13,15,17-18H2,1-3H3,(H,25,30). The molecule has 3 rings (SSSR count). The lowest BCUT2D eigenvalue weighted by Crippen LogP contribution is -2.45. The van der Waals surface area contributed by atoms with E-state index in [0.717, 1.165) is 43.5 Å². The number of aryl methyl sites for hydroxylation is 2. The molecule has 1 aromatic carbocycles. The van der Waals surface area contributed by atoms with Gasteiger partial charge in [-0.1, -0.05) is 32.4 Å².